The first kappa shape index (κ1) is 29.5. The van der Waals surface area contributed by atoms with Crippen molar-refractivity contribution in [2.75, 3.05) is 18.2 Å². The topological polar surface area (TPSA) is 164 Å². The number of carboxylic acids is 1. The van der Waals surface area contributed by atoms with Crippen molar-refractivity contribution in [1.82, 2.24) is 9.88 Å². The van der Waals surface area contributed by atoms with Gasteiger partial charge in [0.2, 0.25) is 0 Å². The summed E-state index contributed by atoms with van der Waals surface area (Å²) in [5, 5.41) is 25.0. The fourth-order valence-corrected chi connectivity index (χ4v) is 4.72. The van der Waals surface area contributed by atoms with Crippen molar-refractivity contribution in [2.24, 2.45) is 0 Å². The fourth-order valence-electron chi connectivity index (χ4n) is 3.86. The summed E-state index contributed by atoms with van der Waals surface area (Å²) in [5.41, 5.74) is -0.00838. The molecule has 3 aromatic rings. The molecule has 11 nitrogen and oxygen atoms in total. The molecule has 0 radical (unpaired) electrons. The molecule has 208 valence electrons. The molecule has 0 fully saturated rings. The van der Waals surface area contributed by atoms with E-state index in [0.717, 1.165) is 6.26 Å². The van der Waals surface area contributed by atoms with Crippen molar-refractivity contribution in [1.29, 1.82) is 0 Å². The van der Waals surface area contributed by atoms with Crippen molar-refractivity contribution < 1.29 is 33.0 Å². The van der Waals surface area contributed by atoms with E-state index < -0.39 is 51.3 Å². The molecular weight excluding hydrogens is 550 g/mol. The van der Waals surface area contributed by atoms with E-state index in [2.05, 4.69) is 10.6 Å². The highest BCUT2D eigenvalue weighted by atomic mass is 35.5. The molecule has 4 N–H and O–H groups in total. The average Bonchev–Trinajstić information content (AvgIpc) is 2.86. The van der Waals surface area contributed by atoms with Crippen molar-refractivity contribution in [2.45, 2.75) is 37.8 Å². The summed E-state index contributed by atoms with van der Waals surface area (Å²) < 4.78 is 30.3. The van der Waals surface area contributed by atoms with Gasteiger partial charge in [0.1, 0.15) is 11.5 Å². The van der Waals surface area contributed by atoms with Crippen LogP contribution in [0.4, 0.5) is 10.5 Å². The van der Waals surface area contributed by atoms with Gasteiger partial charge in [0, 0.05) is 28.6 Å². The molecule has 0 aliphatic heterocycles. The maximum atomic E-state index is 13.3. The number of benzene rings is 2. The van der Waals surface area contributed by atoms with E-state index in [1.54, 1.807) is 32.0 Å². The van der Waals surface area contributed by atoms with Gasteiger partial charge in [-0.15, -0.1) is 0 Å². The van der Waals surface area contributed by atoms with Crippen LogP contribution in [0.2, 0.25) is 5.02 Å². The van der Waals surface area contributed by atoms with Crippen LogP contribution in [0.15, 0.2) is 58.4 Å². The lowest BCUT2D eigenvalue weighted by Crippen LogP contribution is -2.36. The van der Waals surface area contributed by atoms with Crippen LogP contribution >= 0.6 is 11.6 Å². The molecule has 1 atom stereocenters. The number of aliphatic carboxylic acids is 1. The first-order chi connectivity index (χ1) is 18.3. The van der Waals surface area contributed by atoms with Crippen LogP contribution in [-0.2, 0) is 21.2 Å². The third-order valence-electron chi connectivity index (χ3n) is 5.77. The number of aromatic nitrogens is 1. The molecule has 0 saturated heterocycles. The van der Waals surface area contributed by atoms with E-state index in [0.29, 0.717) is 28.5 Å². The normalized spacial score (nSPS) is 12.0. The Labute approximate surface area is 229 Å². The van der Waals surface area contributed by atoms with Crippen LogP contribution < -0.4 is 20.9 Å². The number of carbonyl (C=O) groups excluding carboxylic acids is 1. The molecule has 13 heteroatoms. The number of rotatable bonds is 10. The summed E-state index contributed by atoms with van der Waals surface area (Å²) >= 11 is 6.35. The Morgan fingerprint density at radius 2 is 1.82 bits per heavy atom. The first-order valence-electron chi connectivity index (χ1n) is 11.7. The average molecular weight is 578 g/mol. The van der Waals surface area contributed by atoms with Crippen molar-refractivity contribution >= 4 is 39.1 Å². The summed E-state index contributed by atoms with van der Waals surface area (Å²) in [6.45, 7) is 3.71. The Morgan fingerprint density at radius 1 is 1.15 bits per heavy atom. The van der Waals surface area contributed by atoms with E-state index in [9.17, 15) is 33.0 Å². The maximum Gasteiger partial charge on any atom is 0.319 e. The summed E-state index contributed by atoms with van der Waals surface area (Å²) in [6, 6.07) is 8.43. The Kier molecular flexibility index (Phi) is 9.25. The second-order valence-electron chi connectivity index (χ2n) is 8.71. The number of urea groups is 1. The van der Waals surface area contributed by atoms with Crippen LogP contribution in [0.5, 0.6) is 11.5 Å². The lowest BCUT2D eigenvalue weighted by atomic mass is 10.0. The number of aromatic hydroxyl groups is 1. The smallest absolute Gasteiger partial charge is 0.319 e. The number of nitrogens with zero attached hydrogens (tertiary/aromatic N) is 1. The number of carbonyl (C=O) groups is 2. The van der Waals surface area contributed by atoms with Gasteiger partial charge in [-0.2, -0.15) is 0 Å². The number of amides is 2. The SMILES string of the molecule is CCOc1cccc(Cl)c1Cn1cc(C)c(O)c(NC(=O)NC(CC(=O)O)c2ccc(S(C)(=O)=O)cc2)c1=O. The molecule has 0 aliphatic rings. The number of halogens is 1. The Morgan fingerprint density at radius 3 is 2.41 bits per heavy atom. The number of carboxylic acid groups (broad SMARTS) is 1. The van der Waals surface area contributed by atoms with Gasteiger partial charge >= 0.3 is 12.0 Å². The lowest BCUT2D eigenvalue weighted by Gasteiger charge is -2.19. The van der Waals surface area contributed by atoms with Crippen molar-refractivity contribution in [3.8, 4) is 11.5 Å². The number of hydrogen-bond acceptors (Lipinski definition) is 7. The second-order valence-corrected chi connectivity index (χ2v) is 11.1. The summed E-state index contributed by atoms with van der Waals surface area (Å²) in [5.74, 6) is -1.20. The number of aryl methyl sites for hydroxylation is 1. The third-order valence-corrected chi connectivity index (χ3v) is 7.25. The molecule has 2 aromatic carbocycles. The highest BCUT2D eigenvalue weighted by Crippen LogP contribution is 2.29. The molecule has 0 bridgehead atoms. The zero-order valence-electron chi connectivity index (χ0n) is 21.4. The van der Waals surface area contributed by atoms with Crippen LogP contribution in [0.1, 0.15) is 36.1 Å². The minimum absolute atomic E-state index is 0.0143. The van der Waals surface area contributed by atoms with E-state index in [4.69, 9.17) is 16.3 Å². The van der Waals surface area contributed by atoms with E-state index in [1.807, 2.05) is 0 Å². The number of anilines is 1. The van der Waals surface area contributed by atoms with E-state index >= 15 is 0 Å². The maximum absolute atomic E-state index is 13.3. The van der Waals surface area contributed by atoms with Gasteiger partial charge in [0.15, 0.2) is 15.5 Å². The standard InChI is InChI=1S/C26H28ClN3O8S/c1-4-38-21-7-5-6-19(27)18(21)14-30-13-15(2)24(33)23(25(30)34)29-26(35)28-20(12-22(31)32)16-8-10-17(11-9-16)39(3,36)37/h5-11,13,20,33H,4,12,14H2,1-3H3,(H,31,32)(H2,28,29,35). The van der Waals surface area contributed by atoms with Crippen molar-refractivity contribution in [3.63, 3.8) is 0 Å². The summed E-state index contributed by atoms with van der Waals surface area (Å²) in [4.78, 5) is 37.6. The molecule has 3 rings (SSSR count). The predicted molar refractivity (Wildman–Crippen MR) is 146 cm³/mol. The van der Waals surface area contributed by atoms with Gasteiger partial charge < -0.3 is 30.2 Å². The molecule has 0 saturated carbocycles. The molecule has 1 heterocycles. The highest BCUT2D eigenvalue weighted by molar-refractivity contribution is 7.90. The first-order valence-corrected chi connectivity index (χ1v) is 14.0. The lowest BCUT2D eigenvalue weighted by molar-refractivity contribution is -0.137. The monoisotopic (exact) mass is 577 g/mol. The number of hydrogen-bond donors (Lipinski definition) is 4. The highest BCUT2D eigenvalue weighted by Gasteiger charge is 2.22. The van der Waals surface area contributed by atoms with E-state index in [1.165, 1.54) is 35.0 Å². The molecular formula is C26H28ClN3O8S. The van der Waals surface area contributed by atoms with Gasteiger partial charge in [-0.05, 0) is 43.7 Å². The molecule has 1 aromatic heterocycles. The molecule has 1 unspecified atom stereocenters. The second kappa shape index (κ2) is 12.2. The number of nitrogens with one attached hydrogen (secondary N) is 2. The van der Waals surface area contributed by atoms with Crippen LogP contribution in [0, 0.1) is 6.92 Å². The number of pyridine rings is 1. The van der Waals surface area contributed by atoms with Gasteiger partial charge in [-0.1, -0.05) is 29.8 Å². The quantitative estimate of drug-likeness (QED) is 0.283. The van der Waals surface area contributed by atoms with Crippen molar-refractivity contribution in [3.05, 3.63) is 80.7 Å². The van der Waals surface area contributed by atoms with Crippen LogP contribution in [0.3, 0.4) is 0 Å². The minimum atomic E-state index is -3.48. The van der Waals surface area contributed by atoms with Gasteiger partial charge in [0.25, 0.3) is 5.56 Å². The zero-order chi connectivity index (χ0) is 28.9. The molecule has 39 heavy (non-hydrogen) atoms. The summed E-state index contributed by atoms with van der Waals surface area (Å²) in [7, 11) is -3.48. The third kappa shape index (κ3) is 7.30. The Hall–Kier alpha value is -4.03. The minimum Gasteiger partial charge on any atom is -0.505 e. The van der Waals surface area contributed by atoms with Gasteiger partial charge in [0.05, 0.1) is 30.5 Å². The zero-order valence-corrected chi connectivity index (χ0v) is 23.0. The Balaban J connectivity index is 1.90. The van der Waals surface area contributed by atoms with Crippen LogP contribution in [-0.4, -0.2) is 48.1 Å². The van der Waals surface area contributed by atoms with Crippen LogP contribution in [0.25, 0.3) is 0 Å². The molecule has 0 aliphatic carbocycles. The molecule has 2 amide bonds. The molecule has 0 spiro atoms. The largest absolute Gasteiger partial charge is 0.505 e. The predicted octanol–water partition coefficient (Wildman–Crippen LogP) is 3.70. The fraction of sp³-hybridized carbons (Fsp3) is 0.269. The van der Waals surface area contributed by atoms with Gasteiger partial charge in [-0.25, -0.2) is 13.2 Å². The summed E-state index contributed by atoms with van der Waals surface area (Å²) in [6.07, 6.45) is 1.92. The van der Waals surface area contributed by atoms with Gasteiger partial charge in [-0.3, -0.25) is 9.59 Å². The Bertz CT molecular complexity index is 1550. The van der Waals surface area contributed by atoms with E-state index in [-0.39, 0.29) is 17.0 Å². The number of ether oxygens (including phenoxy) is 1. The number of sulfone groups is 1.